The van der Waals surface area contributed by atoms with Crippen molar-refractivity contribution in [2.45, 2.75) is 51.7 Å². The molecule has 2 aliphatic rings. The number of carbonyl (C=O) groups is 3. The molecule has 0 unspecified atom stereocenters. The minimum absolute atomic E-state index is 0.169. The van der Waals surface area contributed by atoms with Crippen LogP contribution in [0.2, 0.25) is 0 Å². The highest BCUT2D eigenvalue weighted by Gasteiger charge is 2.67. The molecule has 1 aliphatic carbocycles. The number of aromatic nitrogens is 5. The van der Waals surface area contributed by atoms with Crippen molar-refractivity contribution in [2.24, 2.45) is 5.41 Å². The molecule has 4 aromatic rings. The van der Waals surface area contributed by atoms with Gasteiger partial charge in [-0.1, -0.05) is 24.8 Å². The molecule has 3 aromatic heterocycles. The third kappa shape index (κ3) is 6.96. The standard InChI is InChI=1S/C34H35BrN8O5S/c1-5-7-12-38-49(47,48)19-34-14-27(43(28(34)15-34)32-22(6-2)9-11-29(35)39-32)33(46)40-30(45)18-42-26-10-8-23(24-16-36-21(4)37-17-24)13-25(26)31(41-42)20(3)44/h5-6,8-11,13,16-17,27-28,38H,1-2,7,12,14-15,18-19H2,3-4H3,(H,40,45,46)/t27-,28-,34-/m1/s1. The number of pyridine rings is 1. The van der Waals surface area contributed by atoms with Gasteiger partial charge in [-0.05, 0) is 71.9 Å². The molecule has 0 bridgehead atoms. The van der Waals surface area contributed by atoms with E-state index in [1.165, 1.54) is 11.6 Å². The average molecular weight is 748 g/mol. The Bertz CT molecular complexity index is 2120. The molecule has 4 heterocycles. The quantitative estimate of drug-likeness (QED) is 0.0884. The Kier molecular flexibility index (Phi) is 9.35. The summed E-state index contributed by atoms with van der Waals surface area (Å²) in [5.74, 6) is -0.576. The molecule has 2 N–H and O–H groups in total. The van der Waals surface area contributed by atoms with Crippen molar-refractivity contribution in [3.8, 4) is 11.1 Å². The molecule has 0 radical (unpaired) electrons. The number of nitrogens with one attached hydrogen (secondary N) is 2. The fourth-order valence-corrected chi connectivity index (χ4v) is 8.61. The average Bonchev–Trinajstić information content (AvgIpc) is 3.45. The Labute approximate surface area is 292 Å². The number of nitrogens with zero attached hydrogens (tertiary/aromatic N) is 6. The second-order valence-corrected chi connectivity index (χ2v) is 15.0. The van der Waals surface area contributed by atoms with Crippen LogP contribution < -0.4 is 14.9 Å². The molecule has 254 valence electrons. The molecule has 2 amide bonds. The summed E-state index contributed by atoms with van der Waals surface area (Å²) < 4.78 is 30.6. The fraction of sp³-hybridized carbons (Fsp3) is 0.324. The predicted octanol–water partition coefficient (Wildman–Crippen LogP) is 3.98. The van der Waals surface area contributed by atoms with E-state index in [9.17, 15) is 22.8 Å². The molecule has 49 heavy (non-hydrogen) atoms. The number of piperidine rings is 1. The monoisotopic (exact) mass is 746 g/mol. The maximum absolute atomic E-state index is 13.9. The first-order chi connectivity index (χ1) is 23.3. The Morgan fingerprint density at radius 1 is 1.10 bits per heavy atom. The number of hydrogen-bond acceptors (Lipinski definition) is 10. The number of rotatable bonds is 13. The number of anilines is 1. The van der Waals surface area contributed by atoms with E-state index >= 15 is 0 Å². The van der Waals surface area contributed by atoms with Crippen LogP contribution in [0.4, 0.5) is 5.82 Å². The minimum atomic E-state index is -3.66. The van der Waals surface area contributed by atoms with Gasteiger partial charge >= 0.3 is 0 Å². The fourth-order valence-electron chi connectivity index (χ4n) is 6.59. The highest BCUT2D eigenvalue weighted by molar-refractivity contribution is 9.10. The predicted molar refractivity (Wildman–Crippen MR) is 189 cm³/mol. The van der Waals surface area contributed by atoms with E-state index < -0.39 is 33.3 Å². The van der Waals surface area contributed by atoms with Crippen molar-refractivity contribution in [1.82, 2.24) is 34.8 Å². The van der Waals surface area contributed by atoms with Gasteiger partial charge in [0.15, 0.2) is 5.78 Å². The van der Waals surface area contributed by atoms with Crippen molar-refractivity contribution in [1.29, 1.82) is 0 Å². The molecule has 15 heteroatoms. The second kappa shape index (κ2) is 13.4. The number of aryl methyl sites for hydroxylation is 1. The Hall–Kier alpha value is -4.60. The largest absolute Gasteiger partial charge is 0.340 e. The van der Waals surface area contributed by atoms with Gasteiger partial charge in [0.25, 0.3) is 0 Å². The van der Waals surface area contributed by atoms with E-state index in [0.717, 1.165) is 11.1 Å². The first-order valence-electron chi connectivity index (χ1n) is 15.6. The lowest BCUT2D eigenvalue weighted by atomic mass is 10.0. The van der Waals surface area contributed by atoms with Gasteiger partial charge in [-0.2, -0.15) is 5.10 Å². The van der Waals surface area contributed by atoms with E-state index in [0.29, 0.717) is 45.6 Å². The summed E-state index contributed by atoms with van der Waals surface area (Å²) in [5.41, 5.74) is 2.22. The number of imide groups is 1. The minimum Gasteiger partial charge on any atom is -0.340 e. The van der Waals surface area contributed by atoms with Crippen LogP contribution in [-0.4, -0.2) is 75.1 Å². The number of Topliss-reactive ketones (excluding diaryl/α,β-unsaturated/α-hetero) is 1. The van der Waals surface area contributed by atoms with Gasteiger partial charge in [0.05, 0.1) is 11.3 Å². The van der Waals surface area contributed by atoms with E-state index in [4.69, 9.17) is 0 Å². The van der Waals surface area contributed by atoms with E-state index in [1.807, 2.05) is 17.0 Å². The van der Waals surface area contributed by atoms with E-state index in [2.05, 4.69) is 59.2 Å². The van der Waals surface area contributed by atoms with Gasteiger partial charge in [-0.15, -0.1) is 6.58 Å². The van der Waals surface area contributed by atoms with E-state index in [1.54, 1.807) is 49.7 Å². The number of carbonyl (C=O) groups excluding carboxylic acids is 3. The SMILES string of the molecule is C=CCCNS(=O)(=O)C[C@]12C[C@H](C(=O)NC(=O)Cn3nc(C(C)=O)c4cc(-c5cnc(C)nc5)ccc43)N(c3nc(Br)ccc3C=C)[C@@H]1C2. The lowest BCUT2D eigenvalue weighted by Gasteiger charge is -2.29. The third-order valence-electron chi connectivity index (χ3n) is 8.96. The van der Waals surface area contributed by atoms with Crippen LogP contribution in [-0.2, 0) is 26.2 Å². The summed E-state index contributed by atoms with van der Waals surface area (Å²) in [6, 6.07) is 7.77. The van der Waals surface area contributed by atoms with Crippen LogP contribution in [0, 0.1) is 12.3 Å². The summed E-state index contributed by atoms with van der Waals surface area (Å²) in [4.78, 5) is 54.8. The van der Waals surface area contributed by atoms with Gasteiger partial charge < -0.3 is 4.90 Å². The molecule has 1 aliphatic heterocycles. The van der Waals surface area contributed by atoms with E-state index in [-0.39, 0.29) is 42.8 Å². The molecule has 3 atom stereocenters. The first kappa shape index (κ1) is 34.3. The summed E-state index contributed by atoms with van der Waals surface area (Å²) in [7, 11) is -3.66. The number of sulfonamides is 1. The van der Waals surface area contributed by atoms with Crippen molar-refractivity contribution in [3.05, 3.63) is 83.6 Å². The Morgan fingerprint density at radius 2 is 1.86 bits per heavy atom. The normalized spacial score (nSPS) is 19.8. The zero-order chi connectivity index (χ0) is 35.1. The lowest BCUT2D eigenvalue weighted by molar-refractivity contribution is -0.131. The van der Waals surface area contributed by atoms with Crippen molar-refractivity contribution in [2.75, 3.05) is 17.2 Å². The molecule has 13 nitrogen and oxygen atoms in total. The molecular weight excluding hydrogens is 712 g/mol. The van der Waals surface area contributed by atoms with Gasteiger partial charge in [-0.25, -0.2) is 28.1 Å². The molecule has 1 saturated carbocycles. The van der Waals surface area contributed by atoms with Crippen molar-refractivity contribution in [3.63, 3.8) is 0 Å². The zero-order valence-electron chi connectivity index (χ0n) is 27.0. The number of ketones is 1. The maximum Gasteiger partial charge on any atom is 0.249 e. The molecule has 6 rings (SSSR count). The van der Waals surface area contributed by atoms with Crippen LogP contribution in [0.1, 0.15) is 48.1 Å². The molecule has 1 aromatic carbocycles. The molecule has 2 fully saturated rings. The number of amides is 2. The van der Waals surface area contributed by atoms with Gasteiger partial charge in [-0.3, -0.25) is 24.4 Å². The number of hydrogen-bond donors (Lipinski definition) is 2. The molecular formula is C34H35BrN8O5S. The zero-order valence-corrected chi connectivity index (χ0v) is 29.4. The molecule has 1 saturated heterocycles. The van der Waals surface area contributed by atoms with Crippen LogP contribution in [0.5, 0.6) is 0 Å². The first-order valence-corrected chi connectivity index (χ1v) is 18.1. The maximum atomic E-state index is 13.9. The number of halogens is 1. The van der Waals surface area contributed by atoms with Crippen molar-refractivity contribution < 1.29 is 22.8 Å². The van der Waals surface area contributed by atoms with Crippen molar-refractivity contribution >= 4 is 66.3 Å². The van der Waals surface area contributed by atoms with Gasteiger partial charge in [0.2, 0.25) is 21.8 Å². The number of fused-ring (bicyclic) bond motifs is 2. The van der Waals surface area contributed by atoms with Gasteiger partial charge in [0, 0.05) is 53.8 Å². The van der Waals surface area contributed by atoms with Gasteiger partial charge in [0.1, 0.15) is 34.5 Å². The summed E-state index contributed by atoms with van der Waals surface area (Å²) in [5, 5.41) is 7.48. The summed E-state index contributed by atoms with van der Waals surface area (Å²) in [6.45, 7) is 10.6. The summed E-state index contributed by atoms with van der Waals surface area (Å²) in [6.07, 6.45) is 7.88. The number of benzene rings is 1. The van der Waals surface area contributed by atoms with Crippen LogP contribution >= 0.6 is 15.9 Å². The Morgan fingerprint density at radius 3 is 2.55 bits per heavy atom. The smallest absolute Gasteiger partial charge is 0.249 e. The Balaban J connectivity index is 1.25. The topological polar surface area (TPSA) is 169 Å². The molecule has 0 spiro atoms. The highest BCUT2D eigenvalue weighted by atomic mass is 79.9. The second-order valence-electron chi connectivity index (χ2n) is 12.4. The third-order valence-corrected chi connectivity index (χ3v) is 11.0. The van der Waals surface area contributed by atoms with Crippen LogP contribution in [0.15, 0.2) is 66.6 Å². The lowest BCUT2D eigenvalue weighted by Crippen LogP contribution is -2.48. The highest BCUT2D eigenvalue weighted by Crippen LogP contribution is 2.61. The van der Waals surface area contributed by atoms with Crippen LogP contribution in [0.3, 0.4) is 0 Å². The summed E-state index contributed by atoms with van der Waals surface area (Å²) >= 11 is 3.41. The van der Waals surface area contributed by atoms with Crippen LogP contribution in [0.25, 0.3) is 28.1 Å².